The van der Waals surface area contributed by atoms with Crippen LogP contribution in [0.25, 0.3) is 0 Å². The van der Waals surface area contributed by atoms with Gasteiger partial charge in [0.2, 0.25) is 0 Å². The van der Waals surface area contributed by atoms with Gasteiger partial charge in [-0.3, -0.25) is 4.79 Å². The number of nitrogens with one attached hydrogen (secondary N) is 1. The molecule has 0 aliphatic carbocycles. The number of nitrogens with zero attached hydrogens (tertiary/aromatic N) is 2. The Balaban J connectivity index is 2.16. The second kappa shape index (κ2) is 6.52. The van der Waals surface area contributed by atoms with Crippen molar-refractivity contribution in [3.05, 3.63) is 58.3 Å². The van der Waals surface area contributed by atoms with Gasteiger partial charge in [0.1, 0.15) is 4.60 Å². The lowest BCUT2D eigenvalue weighted by molar-refractivity contribution is 0.0828. The zero-order valence-corrected chi connectivity index (χ0v) is 13.0. The maximum atomic E-state index is 12.1. The van der Waals surface area contributed by atoms with Gasteiger partial charge in [0, 0.05) is 19.8 Å². The largest absolute Gasteiger partial charge is 0.379 e. The van der Waals surface area contributed by atoms with E-state index in [0.29, 0.717) is 12.1 Å². The molecule has 4 nitrogen and oxygen atoms in total. The summed E-state index contributed by atoms with van der Waals surface area (Å²) in [5.74, 6) is -0.0182. The first-order chi connectivity index (χ1) is 9.58. The fraction of sp³-hybridized carbons (Fsp3) is 0.200. The highest BCUT2D eigenvalue weighted by atomic mass is 79.9. The molecule has 0 bridgehead atoms. The molecule has 20 heavy (non-hydrogen) atoms. The number of benzene rings is 1. The van der Waals surface area contributed by atoms with Crippen LogP contribution in [0.4, 0.5) is 5.69 Å². The van der Waals surface area contributed by atoms with Crippen molar-refractivity contribution in [3.63, 3.8) is 0 Å². The first kappa shape index (κ1) is 14.5. The van der Waals surface area contributed by atoms with Crippen LogP contribution in [0.15, 0.2) is 47.1 Å². The molecule has 2 aromatic rings. The van der Waals surface area contributed by atoms with Gasteiger partial charge in [-0.25, -0.2) is 4.98 Å². The van der Waals surface area contributed by atoms with Crippen molar-refractivity contribution in [1.29, 1.82) is 0 Å². The smallest absolute Gasteiger partial charge is 0.255 e. The average molecular weight is 334 g/mol. The first-order valence-electron chi connectivity index (χ1n) is 6.24. The molecule has 0 saturated heterocycles. The van der Waals surface area contributed by atoms with E-state index in [-0.39, 0.29) is 5.91 Å². The van der Waals surface area contributed by atoms with E-state index in [1.165, 1.54) is 0 Å². The molecule has 1 amide bonds. The van der Waals surface area contributed by atoms with Crippen LogP contribution in [0.3, 0.4) is 0 Å². The summed E-state index contributed by atoms with van der Waals surface area (Å²) in [6, 6.07) is 13.2. The molecule has 0 fully saturated rings. The highest BCUT2D eigenvalue weighted by Gasteiger charge is 2.12. The summed E-state index contributed by atoms with van der Waals surface area (Å²) in [6.07, 6.45) is 0. The standard InChI is InChI=1S/C15H16BrN3O/c1-19(2)15(20)12-7-3-4-8-13(12)17-10-11-6-5-9-14(16)18-11/h3-9,17H,10H2,1-2H3. The van der Waals surface area contributed by atoms with Crippen LogP contribution in [-0.2, 0) is 6.54 Å². The number of rotatable bonds is 4. The maximum absolute atomic E-state index is 12.1. The third-order valence-corrected chi connectivity index (χ3v) is 3.24. The van der Waals surface area contributed by atoms with Crippen molar-refractivity contribution in [3.8, 4) is 0 Å². The predicted octanol–water partition coefficient (Wildman–Crippen LogP) is 3.16. The number of carbonyl (C=O) groups is 1. The van der Waals surface area contributed by atoms with Crippen molar-refractivity contribution in [2.45, 2.75) is 6.54 Å². The fourth-order valence-electron chi connectivity index (χ4n) is 1.80. The van der Waals surface area contributed by atoms with Gasteiger partial charge in [-0.05, 0) is 40.2 Å². The van der Waals surface area contributed by atoms with Crippen LogP contribution in [0.2, 0.25) is 0 Å². The van der Waals surface area contributed by atoms with Gasteiger partial charge in [-0.2, -0.15) is 0 Å². The van der Waals surface area contributed by atoms with Crippen molar-refractivity contribution in [2.75, 3.05) is 19.4 Å². The molecule has 1 N–H and O–H groups in total. The Kier molecular flexibility index (Phi) is 4.74. The van der Waals surface area contributed by atoms with Crippen LogP contribution >= 0.6 is 15.9 Å². The summed E-state index contributed by atoms with van der Waals surface area (Å²) in [7, 11) is 3.49. The summed E-state index contributed by atoms with van der Waals surface area (Å²) < 4.78 is 0.800. The van der Waals surface area contributed by atoms with E-state index in [9.17, 15) is 4.79 Å². The molecular formula is C15H16BrN3O. The molecule has 0 aliphatic heterocycles. The zero-order valence-electron chi connectivity index (χ0n) is 11.4. The molecular weight excluding hydrogens is 318 g/mol. The van der Waals surface area contributed by atoms with E-state index in [1.54, 1.807) is 19.0 Å². The summed E-state index contributed by atoms with van der Waals surface area (Å²) in [5.41, 5.74) is 2.38. The second-order valence-electron chi connectivity index (χ2n) is 4.55. The highest BCUT2D eigenvalue weighted by molar-refractivity contribution is 9.10. The van der Waals surface area contributed by atoms with Crippen molar-refractivity contribution < 1.29 is 4.79 Å². The number of hydrogen-bond acceptors (Lipinski definition) is 3. The Morgan fingerprint density at radius 1 is 1.20 bits per heavy atom. The minimum Gasteiger partial charge on any atom is -0.379 e. The third kappa shape index (κ3) is 3.57. The molecule has 2 rings (SSSR count). The van der Waals surface area contributed by atoms with Gasteiger partial charge >= 0.3 is 0 Å². The molecule has 0 radical (unpaired) electrons. The summed E-state index contributed by atoms with van der Waals surface area (Å²) >= 11 is 3.35. The van der Waals surface area contributed by atoms with E-state index in [4.69, 9.17) is 0 Å². The van der Waals surface area contributed by atoms with Gasteiger partial charge < -0.3 is 10.2 Å². The average Bonchev–Trinajstić information content (AvgIpc) is 2.44. The second-order valence-corrected chi connectivity index (χ2v) is 5.36. The molecule has 0 saturated carbocycles. The topological polar surface area (TPSA) is 45.2 Å². The number of para-hydroxylation sites is 1. The van der Waals surface area contributed by atoms with Crippen LogP contribution in [0, 0.1) is 0 Å². The highest BCUT2D eigenvalue weighted by Crippen LogP contribution is 2.17. The maximum Gasteiger partial charge on any atom is 0.255 e. The molecule has 0 unspecified atom stereocenters. The van der Waals surface area contributed by atoms with Crippen molar-refractivity contribution in [1.82, 2.24) is 9.88 Å². The molecule has 0 spiro atoms. The Labute approximate surface area is 127 Å². The van der Waals surface area contributed by atoms with Gasteiger partial charge in [-0.1, -0.05) is 18.2 Å². The van der Waals surface area contributed by atoms with E-state index in [0.717, 1.165) is 16.0 Å². The van der Waals surface area contributed by atoms with Crippen LogP contribution in [0.5, 0.6) is 0 Å². The number of halogens is 1. The molecule has 1 heterocycles. The fourth-order valence-corrected chi connectivity index (χ4v) is 2.18. The Bertz CT molecular complexity index is 614. The third-order valence-electron chi connectivity index (χ3n) is 2.80. The zero-order chi connectivity index (χ0) is 14.5. The summed E-state index contributed by atoms with van der Waals surface area (Å²) in [4.78, 5) is 18.0. The lowest BCUT2D eigenvalue weighted by atomic mass is 10.1. The summed E-state index contributed by atoms with van der Waals surface area (Å²) in [6.45, 7) is 0.567. The monoisotopic (exact) mass is 333 g/mol. The number of pyridine rings is 1. The quantitative estimate of drug-likeness (QED) is 0.874. The van der Waals surface area contributed by atoms with Crippen LogP contribution < -0.4 is 5.32 Å². The van der Waals surface area contributed by atoms with Crippen LogP contribution in [-0.4, -0.2) is 29.9 Å². The van der Waals surface area contributed by atoms with Gasteiger partial charge in [0.05, 0.1) is 17.8 Å². The molecule has 1 aromatic carbocycles. The first-order valence-corrected chi connectivity index (χ1v) is 7.03. The lowest BCUT2D eigenvalue weighted by Gasteiger charge is -2.15. The van der Waals surface area contributed by atoms with Crippen LogP contribution in [0.1, 0.15) is 16.1 Å². The SMILES string of the molecule is CN(C)C(=O)c1ccccc1NCc1cccc(Br)n1. The van der Waals surface area contributed by atoms with E-state index < -0.39 is 0 Å². The predicted molar refractivity (Wildman–Crippen MR) is 83.7 cm³/mol. The molecule has 5 heteroatoms. The van der Waals surface area contributed by atoms with E-state index >= 15 is 0 Å². The Morgan fingerprint density at radius 3 is 2.65 bits per heavy atom. The lowest BCUT2D eigenvalue weighted by Crippen LogP contribution is -2.22. The number of anilines is 1. The number of aromatic nitrogens is 1. The van der Waals surface area contributed by atoms with E-state index in [2.05, 4.69) is 26.2 Å². The van der Waals surface area contributed by atoms with Gasteiger partial charge in [0.25, 0.3) is 5.91 Å². The molecule has 0 aliphatic rings. The normalized spacial score (nSPS) is 10.2. The number of amides is 1. The summed E-state index contributed by atoms with van der Waals surface area (Å²) in [5, 5.41) is 3.26. The molecule has 0 atom stereocenters. The van der Waals surface area contributed by atoms with Crippen molar-refractivity contribution >= 4 is 27.5 Å². The Hall–Kier alpha value is -1.88. The minimum absolute atomic E-state index is 0.0182. The number of hydrogen-bond donors (Lipinski definition) is 1. The number of carbonyl (C=O) groups excluding carboxylic acids is 1. The van der Waals surface area contributed by atoms with Gasteiger partial charge in [-0.15, -0.1) is 0 Å². The van der Waals surface area contributed by atoms with Crippen molar-refractivity contribution in [2.24, 2.45) is 0 Å². The minimum atomic E-state index is -0.0182. The van der Waals surface area contributed by atoms with E-state index in [1.807, 2.05) is 42.5 Å². The Morgan fingerprint density at radius 2 is 1.95 bits per heavy atom. The molecule has 104 valence electrons. The molecule has 1 aromatic heterocycles. The van der Waals surface area contributed by atoms with Gasteiger partial charge in [0.15, 0.2) is 0 Å².